The van der Waals surface area contributed by atoms with Crippen molar-refractivity contribution in [1.82, 2.24) is 4.90 Å². The van der Waals surface area contributed by atoms with Crippen LogP contribution in [-0.2, 0) is 0 Å². The van der Waals surface area contributed by atoms with E-state index in [1.807, 2.05) is 18.2 Å². The minimum atomic E-state index is 0.692. The molecule has 4 rings (SSSR count). The highest BCUT2D eigenvalue weighted by Crippen LogP contribution is 2.37. The highest BCUT2D eigenvalue weighted by Gasteiger charge is 2.31. The Balaban J connectivity index is 1.96. The number of aliphatic imine (C=N–C) groups is 2. The van der Waals surface area contributed by atoms with Crippen LogP contribution in [0, 0.1) is 0 Å². The van der Waals surface area contributed by atoms with Crippen molar-refractivity contribution in [2.24, 2.45) is 9.98 Å². The average molecular weight is 253 g/mol. The fourth-order valence-electron chi connectivity index (χ4n) is 2.92. The predicted molar refractivity (Wildman–Crippen MR) is 75.6 cm³/mol. The van der Waals surface area contributed by atoms with Gasteiger partial charge in [-0.2, -0.15) is 0 Å². The van der Waals surface area contributed by atoms with E-state index in [1.54, 1.807) is 0 Å². The second-order valence-corrected chi connectivity index (χ2v) is 4.94. The zero-order valence-electron chi connectivity index (χ0n) is 10.9. The van der Waals surface area contributed by atoms with E-state index in [2.05, 4.69) is 22.9 Å². The lowest BCUT2D eigenvalue weighted by Gasteiger charge is -2.26. The number of rotatable bonds is 0. The van der Waals surface area contributed by atoms with Gasteiger partial charge in [-0.3, -0.25) is 4.99 Å². The number of hydrogen-bond acceptors (Lipinski definition) is 4. The van der Waals surface area contributed by atoms with Gasteiger partial charge in [-0.15, -0.1) is 0 Å². The van der Waals surface area contributed by atoms with E-state index < -0.39 is 0 Å². The van der Waals surface area contributed by atoms with Crippen molar-refractivity contribution in [1.29, 1.82) is 0 Å². The third kappa shape index (κ3) is 1.52. The molecule has 0 spiro atoms. The van der Waals surface area contributed by atoms with Crippen LogP contribution < -0.4 is 4.74 Å². The predicted octanol–water partition coefficient (Wildman–Crippen LogP) is 2.33. The van der Waals surface area contributed by atoms with E-state index in [4.69, 9.17) is 9.73 Å². The summed E-state index contributed by atoms with van der Waals surface area (Å²) in [5.41, 5.74) is 3.36. The molecule has 0 aliphatic carbocycles. The van der Waals surface area contributed by atoms with Gasteiger partial charge in [0.15, 0.2) is 0 Å². The van der Waals surface area contributed by atoms with Crippen molar-refractivity contribution in [3.8, 4) is 5.75 Å². The lowest BCUT2D eigenvalue weighted by molar-refractivity contribution is 0.325. The highest BCUT2D eigenvalue weighted by atomic mass is 16.5. The molecule has 4 nitrogen and oxygen atoms in total. The summed E-state index contributed by atoms with van der Waals surface area (Å²) in [7, 11) is 0. The van der Waals surface area contributed by atoms with Crippen molar-refractivity contribution >= 4 is 17.4 Å². The van der Waals surface area contributed by atoms with Crippen LogP contribution in [0.2, 0.25) is 0 Å². The Kier molecular flexibility index (Phi) is 2.24. The van der Waals surface area contributed by atoms with Gasteiger partial charge in [-0.05, 0) is 19.1 Å². The van der Waals surface area contributed by atoms with E-state index >= 15 is 0 Å². The maximum atomic E-state index is 5.84. The molecule has 4 heteroatoms. The molecule has 0 bridgehead atoms. The Morgan fingerprint density at radius 3 is 3.11 bits per heavy atom. The molecule has 19 heavy (non-hydrogen) atoms. The van der Waals surface area contributed by atoms with Crippen molar-refractivity contribution in [3.05, 3.63) is 35.4 Å². The van der Waals surface area contributed by atoms with Crippen LogP contribution in [0.15, 0.2) is 39.8 Å². The van der Waals surface area contributed by atoms with E-state index in [1.165, 1.54) is 5.57 Å². The van der Waals surface area contributed by atoms with Crippen LogP contribution in [0.1, 0.15) is 18.9 Å². The third-order valence-electron chi connectivity index (χ3n) is 3.81. The summed E-state index contributed by atoms with van der Waals surface area (Å²) >= 11 is 0. The van der Waals surface area contributed by atoms with Crippen molar-refractivity contribution < 1.29 is 4.74 Å². The van der Waals surface area contributed by atoms with Gasteiger partial charge in [0.1, 0.15) is 17.4 Å². The minimum absolute atomic E-state index is 0.692. The third-order valence-corrected chi connectivity index (χ3v) is 3.81. The van der Waals surface area contributed by atoms with Gasteiger partial charge in [0.25, 0.3) is 0 Å². The molecule has 3 aliphatic rings. The smallest absolute Gasteiger partial charge is 0.134 e. The standard InChI is InChI=1S/C15H15N3O/c1-10-17-14-11-4-2-3-5-13(11)19-9-6-12(14)15-16-7-8-18(10)15/h2-5H,6-9H2,1H3. The quantitative estimate of drug-likeness (QED) is 0.711. The molecular formula is C15H15N3O. The summed E-state index contributed by atoms with van der Waals surface area (Å²) in [6.45, 7) is 4.56. The van der Waals surface area contributed by atoms with Gasteiger partial charge in [0.2, 0.25) is 0 Å². The van der Waals surface area contributed by atoms with Crippen molar-refractivity contribution in [3.63, 3.8) is 0 Å². The Hall–Kier alpha value is -2.10. The molecule has 0 N–H and O–H groups in total. The van der Waals surface area contributed by atoms with Crippen LogP contribution in [0.3, 0.4) is 0 Å². The number of nitrogens with zero attached hydrogens (tertiary/aromatic N) is 3. The van der Waals surface area contributed by atoms with E-state index in [0.29, 0.717) is 6.61 Å². The molecule has 96 valence electrons. The normalized spacial score (nSPS) is 20.8. The highest BCUT2D eigenvalue weighted by molar-refractivity contribution is 6.17. The van der Waals surface area contributed by atoms with Crippen LogP contribution in [-0.4, -0.2) is 36.3 Å². The summed E-state index contributed by atoms with van der Waals surface area (Å²) in [6.07, 6.45) is 0.871. The van der Waals surface area contributed by atoms with Gasteiger partial charge in [-0.1, -0.05) is 12.1 Å². The molecule has 0 amide bonds. The Morgan fingerprint density at radius 2 is 2.16 bits per heavy atom. The zero-order chi connectivity index (χ0) is 12.8. The molecular weight excluding hydrogens is 238 g/mol. The summed E-state index contributed by atoms with van der Waals surface area (Å²) in [5.74, 6) is 3.06. The molecule has 0 saturated carbocycles. The minimum Gasteiger partial charge on any atom is -0.493 e. The maximum absolute atomic E-state index is 5.84. The molecule has 0 atom stereocenters. The average Bonchev–Trinajstić information content (AvgIpc) is 2.85. The fraction of sp³-hybridized carbons (Fsp3) is 0.333. The van der Waals surface area contributed by atoms with E-state index in [9.17, 15) is 0 Å². The largest absolute Gasteiger partial charge is 0.493 e. The SMILES string of the molecule is CC1=NC2=C(CCOc3ccccc32)C2=NCCN12. The first kappa shape index (κ1) is 10.8. The maximum Gasteiger partial charge on any atom is 0.134 e. The number of ether oxygens (including phenoxy) is 1. The van der Waals surface area contributed by atoms with Gasteiger partial charge in [-0.25, -0.2) is 4.99 Å². The number of benzene rings is 1. The van der Waals surface area contributed by atoms with E-state index in [-0.39, 0.29) is 0 Å². The van der Waals surface area contributed by atoms with Gasteiger partial charge < -0.3 is 9.64 Å². The molecule has 0 radical (unpaired) electrons. The molecule has 1 aromatic carbocycles. The molecule has 3 aliphatic heterocycles. The lowest BCUT2D eigenvalue weighted by atomic mass is 10.0. The Labute approximate surface area is 112 Å². The first-order valence-electron chi connectivity index (χ1n) is 6.67. The van der Waals surface area contributed by atoms with Gasteiger partial charge in [0, 0.05) is 24.1 Å². The van der Waals surface area contributed by atoms with Gasteiger partial charge >= 0.3 is 0 Å². The summed E-state index contributed by atoms with van der Waals surface area (Å²) in [6, 6.07) is 8.13. The molecule has 3 heterocycles. The second-order valence-electron chi connectivity index (χ2n) is 4.94. The molecule has 1 aromatic rings. The Morgan fingerprint density at radius 1 is 1.26 bits per heavy atom. The second kappa shape index (κ2) is 3.95. The zero-order valence-corrected chi connectivity index (χ0v) is 10.9. The van der Waals surface area contributed by atoms with Crippen LogP contribution >= 0.6 is 0 Å². The Bertz CT molecular complexity index is 643. The first-order valence-corrected chi connectivity index (χ1v) is 6.67. The topological polar surface area (TPSA) is 37.2 Å². The number of para-hydroxylation sites is 1. The van der Waals surface area contributed by atoms with Crippen LogP contribution in [0.25, 0.3) is 5.70 Å². The van der Waals surface area contributed by atoms with Crippen molar-refractivity contribution in [2.75, 3.05) is 19.7 Å². The summed E-state index contributed by atoms with van der Waals surface area (Å²) < 4.78 is 5.84. The fourth-order valence-corrected chi connectivity index (χ4v) is 2.92. The lowest BCUT2D eigenvalue weighted by Crippen LogP contribution is -2.36. The molecule has 0 aromatic heterocycles. The van der Waals surface area contributed by atoms with E-state index in [0.717, 1.165) is 48.2 Å². The summed E-state index contributed by atoms with van der Waals surface area (Å²) in [4.78, 5) is 11.7. The van der Waals surface area contributed by atoms with Crippen LogP contribution in [0.5, 0.6) is 5.75 Å². The van der Waals surface area contributed by atoms with Crippen molar-refractivity contribution in [2.45, 2.75) is 13.3 Å². The molecule has 0 unspecified atom stereocenters. The summed E-state index contributed by atoms with van der Waals surface area (Å²) in [5, 5.41) is 0. The number of amidine groups is 2. The van der Waals surface area contributed by atoms with Gasteiger partial charge in [0.05, 0.1) is 18.8 Å². The molecule has 0 fully saturated rings. The van der Waals surface area contributed by atoms with Crippen LogP contribution in [0.4, 0.5) is 0 Å². The number of hydrogen-bond donors (Lipinski definition) is 0. The first-order chi connectivity index (χ1) is 9.34. The number of fused-ring (bicyclic) bond motifs is 4. The monoisotopic (exact) mass is 253 g/mol. The molecule has 0 saturated heterocycles.